The number of non-ortho nitro benzene ring substituents is 1. The number of likely N-dealkylation sites (tertiary alicyclic amines) is 1. The Morgan fingerprint density at radius 3 is 2.35 bits per heavy atom. The van der Waals surface area contributed by atoms with Crippen molar-refractivity contribution in [3.63, 3.8) is 0 Å². The second-order valence-corrected chi connectivity index (χ2v) is 5.25. The zero-order valence-corrected chi connectivity index (χ0v) is 12.6. The molecule has 0 aromatic heterocycles. The first kappa shape index (κ1) is 16.5. The van der Waals surface area contributed by atoms with E-state index in [1.165, 1.54) is 24.3 Å². The minimum atomic E-state index is -0.536. The summed E-state index contributed by atoms with van der Waals surface area (Å²) in [6.07, 6.45) is 2.14. The highest BCUT2D eigenvalue weighted by Gasteiger charge is 2.18. The summed E-state index contributed by atoms with van der Waals surface area (Å²) in [5.74, 6) is -0.487. The van der Waals surface area contributed by atoms with Crippen molar-refractivity contribution in [1.82, 2.24) is 15.8 Å². The fraction of sp³-hybridized carbons (Fsp3) is 0.333. The van der Waals surface area contributed by atoms with Gasteiger partial charge in [0.05, 0.1) is 11.3 Å². The Morgan fingerprint density at radius 2 is 1.78 bits per heavy atom. The largest absolute Gasteiger partial charge is 0.342 e. The molecule has 1 aromatic carbocycles. The van der Waals surface area contributed by atoms with Crippen LogP contribution >= 0.6 is 0 Å². The number of hydrogen-bond donors (Lipinski definition) is 2. The summed E-state index contributed by atoms with van der Waals surface area (Å²) in [6, 6.07) is 5.21. The van der Waals surface area contributed by atoms with Gasteiger partial charge in [-0.25, -0.2) is 0 Å². The van der Waals surface area contributed by atoms with E-state index in [0.29, 0.717) is 5.70 Å². The minimum absolute atomic E-state index is 0.0235. The lowest BCUT2D eigenvalue weighted by Gasteiger charge is -2.17. The molecule has 0 unspecified atom stereocenters. The summed E-state index contributed by atoms with van der Waals surface area (Å²) < 4.78 is 0. The molecule has 2 rings (SSSR count). The molecule has 1 saturated heterocycles. The van der Waals surface area contributed by atoms with Crippen LogP contribution in [-0.2, 0) is 4.79 Å². The van der Waals surface area contributed by atoms with Crippen LogP contribution in [0.1, 0.15) is 29.6 Å². The molecule has 122 valence electrons. The lowest BCUT2D eigenvalue weighted by Crippen LogP contribution is -2.38. The number of amides is 2. The number of nitrogens with one attached hydrogen (secondary N) is 2. The van der Waals surface area contributed by atoms with E-state index in [1.54, 1.807) is 4.90 Å². The Hall–Kier alpha value is -2.90. The summed E-state index contributed by atoms with van der Waals surface area (Å²) in [6.45, 7) is 5.24. The van der Waals surface area contributed by atoms with Crippen LogP contribution < -0.4 is 10.9 Å². The van der Waals surface area contributed by atoms with Gasteiger partial charge in [-0.2, -0.15) is 0 Å². The van der Waals surface area contributed by atoms with Crippen molar-refractivity contribution >= 4 is 17.5 Å². The van der Waals surface area contributed by atoms with Gasteiger partial charge >= 0.3 is 0 Å². The van der Waals surface area contributed by atoms with Crippen molar-refractivity contribution in [1.29, 1.82) is 0 Å². The van der Waals surface area contributed by atoms with E-state index in [9.17, 15) is 19.7 Å². The molecule has 0 atom stereocenters. The first-order valence-electron chi connectivity index (χ1n) is 7.24. The number of carbonyl (C=O) groups is 2. The fourth-order valence-corrected chi connectivity index (χ4v) is 2.26. The van der Waals surface area contributed by atoms with Gasteiger partial charge in [0.25, 0.3) is 11.6 Å². The van der Waals surface area contributed by atoms with Gasteiger partial charge in [0, 0.05) is 36.5 Å². The summed E-state index contributed by atoms with van der Waals surface area (Å²) in [5.41, 5.74) is 5.58. The number of hydrogen-bond acceptors (Lipinski definition) is 5. The Balaban J connectivity index is 1.80. The number of nitro benzene ring substituents is 1. The van der Waals surface area contributed by atoms with E-state index in [0.717, 1.165) is 25.9 Å². The molecule has 2 amide bonds. The maximum Gasteiger partial charge on any atom is 0.269 e. The van der Waals surface area contributed by atoms with Gasteiger partial charge in [-0.3, -0.25) is 25.1 Å². The number of hydrazine groups is 1. The molecule has 2 N–H and O–H groups in total. The van der Waals surface area contributed by atoms with Crippen LogP contribution in [0.15, 0.2) is 36.5 Å². The zero-order valence-electron chi connectivity index (χ0n) is 12.6. The van der Waals surface area contributed by atoms with Crippen molar-refractivity contribution in [2.75, 3.05) is 13.1 Å². The van der Waals surface area contributed by atoms with Gasteiger partial charge in [-0.05, 0) is 25.0 Å². The number of nitrogens with zero attached hydrogens (tertiary/aromatic N) is 2. The molecule has 8 nitrogen and oxygen atoms in total. The SMILES string of the molecule is C=C(CC(=O)N1CCCC1)NNC(=O)c1ccc([N+](=O)[O-])cc1. The normalized spacial score (nSPS) is 13.5. The number of benzene rings is 1. The van der Waals surface area contributed by atoms with Crippen LogP contribution in [0.3, 0.4) is 0 Å². The Kier molecular flexibility index (Phi) is 5.29. The third-order valence-corrected chi connectivity index (χ3v) is 3.52. The highest BCUT2D eigenvalue weighted by molar-refractivity contribution is 5.94. The molecule has 0 aliphatic carbocycles. The van der Waals surface area contributed by atoms with Crippen LogP contribution in [0.5, 0.6) is 0 Å². The highest BCUT2D eigenvalue weighted by Crippen LogP contribution is 2.12. The number of rotatable bonds is 6. The quantitative estimate of drug-likeness (QED) is 0.608. The Labute approximate surface area is 133 Å². The van der Waals surface area contributed by atoms with Crippen LogP contribution in [0, 0.1) is 10.1 Å². The maximum absolute atomic E-state index is 11.9. The molecule has 0 bridgehead atoms. The zero-order chi connectivity index (χ0) is 16.8. The van der Waals surface area contributed by atoms with Crippen LogP contribution in [0.2, 0.25) is 0 Å². The standard InChI is InChI=1S/C15H18N4O4/c1-11(10-14(20)18-8-2-3-9-18)16-17-15(21)12-4-6-13(7-5-12)19(22)23/h4-7,16H,1-3,8-10H2,(H,17,21). The van der Waals surface area contributed by atoms with E-state index in [4.69, 9.17) is 0 Å². The Bertz CT molecular complexity index is 621. The van der Waals surface area contributed by atoms with E-state index in [1.807, 2.05) is 0 Å². The molecule has 1 aliphatic rings. The average molecular weight is 318 g/mol. The van der Waals surface area contributed by atoms with Crippen molar-refractivity contribution in [3.05, 3.63) is 52.2 Å². The van der Waals surface area contributed by atoms with Crippen LogP contribution in [-0.4, -0.2) is 34.7 Å². The van der Waals surface area contributed by atoms with Gasteiger partial charge < -0.3 is 10.3 Å². The molecule has 23 heavy (non-hydrogen) atoms. The summed E-state index contributed by atoms with van der Waals surface area (Å²) >= 11 is 0. The molecule has 0 saturated carbocycles. The van der Waals surface area contributed by atoms with Crippen LogP contribution in [0.25, 0.3) is 0 Å². The average Bonchev–Trinajstić information content (AvgIpc) is 3.07. The minimum Gasteiger partial charge on any atom is -0.342 e. The summed E-state index contributed by atoms with van der Waals surface area (Å²) in [5, 5.41) is 10.6. The number of carbonyl (C=O) groups excluding carboxylic acids is 2. The highest BCUT2D eigenvalue weighted by atomic mass is 16.6. The third-order valence-electron chi connectivity index (χ3n) is 3.52. The summed E-state index contributed by atoms with van der Waals surface area (Å²) in [4.78, 5) is 35.6. The van der Waals surface area contributed by atoms with Crippen LogP contribution in [0.4, 0.5) is 5.69 Å². The predicted octanol–water partition coefficient (Wildman–Crippen LogP) is 1.36. The first-order chi connectivity index (χ1) is 11.0. The molecule has 1 fully saturated rings. The smallest absolute Gasteiger partial charge is 0.269 e. The summed E-state index contributed by atoms with van der Waals surface area (Å²) in [7, 11) is 0. The van der Waals surface area contributed by atoms with Gasteiger partial charge in [0.2, 0.25) is 5.91 Å². The van der Waals surface area contributed by atoms with Gasteiger partial charge in [-0.15, -0.1) is 0 Å². The van der Waals surface area contributed by atoms with Crippen molar-refractivity contribution in [3.8, 4) is 0 Å². The van der Waals surface area contributed by atoms with E-state index in [-0.39, 0.29) is 23.6 Å². The molecule has 8 heteroatoms. The molecular formula is C15H18N4O4. The third kappa shape index (κ3) is 4.53. The topological polar surface area (TPSA) is 105 Å². The lowest BCUT2D eigenvalue weighted by atomic mass is 10.2. The second kappa shape index (κ2) is 7.39. The Morgan fingerprint density at radius 1 is 1.17 bits per heavy atom. The van der Waals surface area contributed by atoms with E-state index >= 15 is 0 Å². The monoisotopic (exact) mass is 318 g/mol. The number of nitro groups is 1. The van der Waals surface area contributed by atoms with Gasteiger partial charge in [0.15, 0.2) is 0 Å². The first-order valence-corrected chi connectivity index (χ1v) is 7.24. The molecular weight excluding hydrogens is 300 g/mol. The van der Waals surface area contributed by atoms with Crippen molar-refractivity contribution < 1.29 is 14.5 Å². The van der Waals surface area contributed by atoms with E-state index < -0.39 is 10.8 Å². The molecule has 1 heterocycles. The molecule has 0 spiro atoms. The molecule has 1 aromatic rings. The lowest BCUT2D eigenvalue weighted by molar-refractivity contribution is -0.384. The van der Waals surface area contributed by atoms with Gasteiger partial charge in [0.1, 0.15) is 0 Å². The predicted molar refractivity (Wildman–Crippen MR) is 83.3 cm³/mol. The van der Waals surface area contributed by atoms with Crippen molar-refractivity contribution in [2.24, 2.45) is 0 Å². The maximum atomic E-state index is 11.9. The van der Waals surface area contributed by atoms with Crippen molar-refractivity contribution in [2.45, 2.75) is 19.3 Å². The fourth-order valence-electron chi connectivity index (χ4n) is 2.26. The second-order valence-electron chi connectivity index (χ2n) is 5.25. The van der Waals surface area contributed by atoms with E-state index in [2.05, 4.69) is 17.4 Å². The molecule has 0 radical (unpaired) electrons. The molecule has 1 aliphatic heterocycles. The van der Waals surface area contributed by atoms with Gasteiger partial charge in [-0.1, -0.05) is 6.58 Å².